The average Bonchev–Trinajstić information content (AvgIpc) is 2.15. The Hall–Kier alpha value is -0.430. The van der Waals surface area contributed by atoms with Crippen LogP contribution in [0.2, 0.25) is 0 Å². The van der Waals surface area contributed by atoms with E-state index in [4.69, 9.17) is 5.11 Å². The van der Waals surface area contributed by atoms with Gasteiger partial charge in [-0.05, 0) is 17.8 Å². The van der Waals surface area contributed by atoms with Crippen LogP contribution in [-0.2, 0) is 13.2 Å². The number of aliphatic hydroxyl groups excluding tert-OH is 1. The summed E-state index contributed by atoms with van der Waals surface area (Å²) in [7, 11) is 0.749. The minimum Gasteiger partial charge on any atom is -0.392 e. The fourth-order valence-electron chi connectivity index (χ4n) is 1.07. The van der Waals surface area contributed by atoms with Gasteiger partial charge >= 0.3 is 0 Å². The zero-order chi connectivity index (χ0) is 8.81. The third-order valence-electron chi connectivity index (χ3n) is 1.74. The Kier molecular flexibility index (Phi) is 4.23. The molecular formula is C9H14NOP. The highest BCUT2D eigenvalue weighted by atomic mass is 31.1. The van der Waals surface area contributed by atoms with Crippen LogP contribution < -0.4 is 5.09 Å². The number of rotatable bonds is 4. The van der Waals surface area contributed by atoms with E-state index in [1.165, 1.54) is 5.56 Å². The van der Waals surface area contributed by atoms with Crippen molar-refractivity contribution in [2.24, 2.45) is 0 Å². The van der Waals surface area contributed by atoms with Crippen molar-refractivity contribution >= 4 is 8.73 Å². The second-order valence-electron chi connectivity index (χ2n) is 2.53. The van der Waals surface area contributed by atoms with Crippen molar-refractivity contribution < 1.29 is 5.11 Å². The van der Waals surface area contributed by atoms with Crippen molar-refractivity contribution in [3.63, 3.8) is 0 Å². The van der Waals surface area contributed by atoms with Gasteiger partial charge in [0, 0.05) is 6.54 Å². The molecule has 0 fully saturated rings. The summed E-state index contributed by atoms with van der Waals surface area (Å²) in [6.45, 7) is 3.08. The molecule has 1 unspecified atom stereocenters. The van der Waals surface area contributed by atoms with Crippen LogP contribution in [0, 0.1) is 0 Å². The summed E-state index contributed by atoms with van der Waals surface area (Å²) in [5.74, 6) is 0. The van der Waals surface area contributed by atoms with E-state index < -0.39 is 0 Å². The van der Waals surface area contributed by atoms with Crippen molar-refractivity contribution in [1.82, 2.24) is 5.09 Å². The Bertz CT molecular complexity index is 240. The van der Waals surface area contributed by atoms with Gasteiger partial charge in [-0.1, -0.05) is 33.0 Å². The quantitative estimate of drug-likeness (QED) is 0.693. The number of aliphatic hydroxyl groups is 1. The van der Waals surface area contributed by atoms with Gasteiger partial charge in [0.2, 0.25) is 0 Å². The van der Waals surface area contributed by atoms with Crippen LogP contribution in [-0.4, -0.2) is 11.8 Å². The van der Waals surface area contributed by atoms with E-state index in [-0.39, 0.29) is 6.61 Å². The molecule has 0 saturated carbocycles. The van der Waals surface area contributed by atoms with Gasteiger partial charge in [-0.3, -0.25) is 5.09 Å². The molecule has 2 nitrogen and oxygen atoms in total. The van der Waals surface area contributed by atoms with Gasteiger partial charge < -0.3 is 5.11 Å². The van der Waals surface area contributed by atoms with Gasteiger partial charge in [-0.2, -0.15) is 0 Å². The highest BCUT2D eigenvalue weighted by Crippen LogP contribution is 2.09. The smallest absolute Gasteiger partial charge is 0.0685 e. The fourth-order valence-corrected chi connectivity index (χ4v) is 1.44. The molecule has 3 heteroatoms. The maximum atomic E-state index is 8.99. The van der Waals surface area contributed by atoms with Gasteiger partial charge in [-0.15, -0.1) is 0 Å². The topological polar surface area (TPSA) is 32.3 Å². The molecule has 0 aliphatic heterocycles. The Labute approximate surface area is 74.8 Å². The minimum absolute atomic E-state index is 0.130. The zero-order valence-electron chi connectivity index (χ0n) is 7.17. The van der Waals surface area contributed by atoms with E-state index in [1.54, 1.807) is 0 Å². The molecule has 66 valence electrons. The molecule has 0 radical (unpaired) electrons. The number of hydrogen-bond donors (Lipinski definition) is 2. The number of benzene rings is 1. The second-order valence-corrected chi connectivity index (χ2v) is 3.38. The van der Waals surface area contributed by atoms with Crippen LogP contribution in [0.5, 0.6) is 0 Å². The van der Waals surface area contributed by atoms with E-state index in [0.717, 1.165) is 20.8 Å². The third-order valence-corrected chi connectivity index (χ3v) is 2.27. The molecule has 0 bridgehead atoms. The van der Waals surface area contributed by atoms with Crippen LogP contribution in [0.15, 0.2) is 24.3 Å². The van der Waals surface area contributed by atoms with E-state index in [9.17, 15) is 0 Å². The first kappa shape index (κ1) is 9.66. The molecule has 1 aromatic rings. The van der Waals surface area contributed by atoms with Gasteiger partial charge in [0.05, 0.1) is 6.61 Å². The normalized spacial score (nSPS) is 11.2. The van der Waals surface area contributed by atoms with Crippen LogP contribution in [0.3, 0.4) is 0 Å². The van der Waals surface area contributed by atoms with E-state index in [0.29, 0.717) is 0 Å². The Morgan fingerprint density at radius 2 is 2.00 bits per heavy atom. The Morgan fingerprint density at radius 1 is 1.33 bits per heavy atom. The molecule has 0 amide bonds. The van der Waals surface area contributed by atoms with Crippen LogP contribution in [0.1, 0.15) is 11.1 Å². The lowest BCUT2D eigenvalue weighted by Crippen LogP contribution is -2.03. The lowest BCUT2D eigenvalue weighted by molar-refractivity contribution is 0.280. The molecule has 1 rings (SSSR count). The molecule has 0 aliphatic carbocycles. The van der Waals surface area contributed by atoms with Crippen molar-refractivity contribution in [2.75, 3.05) is 6.66 Å². The van der Waals surface area contributed by atoms with Crippen molar-refractivity contribution in [2.45, 2.75) is 13.2 Å². The molecular weight excluding hydrogens is 169 g/mol. The van der Waals surface area contributed by atoms with Gasteiger partial charge in [-0.25, -0.2) is 0 Å². The summed E-state index contributed by atoms with van der Waals surface area (Å²) in [6, 6.07) is 7.94. The first-order chi connectivity index (χ1) is 5.88. The highest BCUT2D eigenvalue weighted by Gasteiger charge is 1.97. The Balaban J connectivity index is 2.68. The summed E-state index contributed by atoms with van der Waals surface area (Å²) in [5, 5.41) is 12.2. The van der Waals surface area contributed by atoms with Crippen molar-refractivity contribution in [3.8, 4) is 0 Å². The van der Waals surface area contributed by atoms with Crippen molar-refractivity contribution in [1.29, 1.82) is 0 Å². The first-order valence-electron chi connectivity index (χ1n) is 3.95. The fraction of sp³-hybridized carbons (Fsp3) is 0.333. The Morgan fingerprint density at radius 3 is 2.58 bits per heavy atom. The molecule has 12 heavy (non-hydrogen) atoms. The molecule has 0 aliphatic rings. The molecule has 2 N–H and O–H groups in total. The predicted octanol–water partition coefficient (Wildman–Crippen LogP) is 1.49. The molecule has 1 atom stereocenters. The SMILES string of the molecule is CPNCc1ccccc1CO. The zero-order valence-corrected chi connectivity index (χ0v) is 8.17. The van der Waals surface area contributed by atoms with Gasteiger partial charge in [0.25, 0.3) is 0 Å². The van der Waals surface area contributed by atoms with Crippen molar-refractivity contribution in [3.05, 3.63) is 35.4 Å². The van der Waals surface area contributed by atoms with Gasteiger partial charge in [0.15, 0.2) is 0 Å². The summed E-state index contributed by atoms with van der Waals surface area (Å²) >= 11 is 0. The summed E-state index contributed by atoms with van der Waals surface area (Å²) in [4.78, 5) is 0. The molecule has 0 aromatic heterocycles. The number of nitrogens with one attached hydrogen (secondary N) is 1. The van der Waals surface area contributed by atoms with E-state index in [1.807, 2.05) is 24.3 Å². The molecule has 1 aromatic carbocycles. The van der Waals surface area contributed by atoms with Crippen LogP contribution >= 0.6 is 8.73 Å². The summed E-state index contributed by atoms with van der Waals surface area (Å²) in [6.07, 6.45) is 0. The third kappa shape index (κ3) is 2.56. The standard InChI is InChI=1S/C9H14NOP/c1-12-10-6-8-4-2-3-5-9(8)7-11/h2-5,10-12H,6-7H2,1H3. The largest absolute Gasteiger partial charge is 0.392 e. The minimum atomic E-state index is 0.130. The highest BCUT2D eigenvalue weighted by molar-refractivity contribution is 7.34. The lowest BCUT2D eigenvalue weighted by Gasteiger charge is -2.06. The average molecular weight is 183 g/mol. The van der Waals surface area contributed by atoms with Crippen LogP contribution in [0.4, 0.5) is 0 Å². The summed E-state index contributed by atoms with van der Waals surface area (Å²) in [5.41, 5.74) is 2.21. The first-order valence-corrected chi connectivity index (χ1v) is 5.45. The molecule has 0 saturated heterocycles. The molecule has 0 spiro atoms. The molecule has 0 heterocycles. The van der Waals surface area contributed by atoms with Crippen LogP contribution in [0.25, 0.3) is 0 Å². The summed E-state index contributed by atoms with van der Waals surface area (Å²) < 4.78 is 0. The maximum absolute atomic E-state index is 8.99. The van der Waals surface area contributed by atoms with E-state index >= 15 is 0 Å². The number of hydrogen-bond acceptors (Lipinski definition) is 2. The van der Waals surface area contributed by atoms with E-state index in [2.05, 4.69) is 11.8 Å². The van der Waals surface area contributed by atoms with Gasteiger partial charge in [0.1, 0.15) is 0 Å². The maximum Gasteiger partial charge on any atom is 0.0685 e. The lowest BCUT2D eigenvalue weighted by atomic mass is 10.1. The second kappa shape index (κ2) is 5.26. The predicted molar refractivity (Wildman–Crippen MR) is 53.4 cm³/mol. The monoisotopic (exact) mass is 183 g/mol.